The Hall–Kier alpha value is -2.33. The van der Waals surface area contributed by atoms with Gasteiger partial charge in [-0.15, -0.1) is 0 Å². The highest BCUT2D eigenvalue weighted by Crippen LogP contribution is 2.33. The van der Waals surface area contributed by atoms with Gasteiger partial charge in [-0.25, -0.2) is 0 Å². The number of benzene rings is 2. The van der Waals surface area contributed by atoms with Crippen LogP contribution in [0.1, 0.15) is 29.4 Å². The molecule has 0 spiro atoms. The molecule has 1 aliphatic rings. The summed E-state index contributed by atoms with van der Waals surface area (Å²) in [6.45, 7) is 1.01. The van der Waals surface area contributed by atoms with Crippen LogP contribution in [0.25, 0.3) is 0 Å². The van der Waals surface area contributed by atoms with Gasteiger partial charge in [0.25, 0.3) is 0 Å². The summed E-state index contributed by atoms with van der Waals surface area (Å²) in [5, 5.41) is 12.3. The average Bonchev–Trinajstić information content (AvgIpc) is 3.03. The van der Waals surface area contributed by atoms with Crippen molar-refractivity contribution in [2.24, 2.45) is 0 Å². The van der Waals surface area contributed by atoms with E-state index in [1.54, 1.807) is 0 Å². The molecule has 0 fully saturated rings. The molecule has 3 rings (SSSR count). The number of ether oxygens (including phenoxy) is 1. The Morgan fingerprint density at radius 1 is 1.17 bits per heavy atom. The van der Waals surface area contributed by atoms with Crippen LogP contribution < -0.4 is 10.1 Å². The zero-order valence-electron chi connectivity index (χ0n) is 12.9. The first kappa shape index (κ1) is 15.6. The average molecular weight is 311 g/mol. The molecule has 2 aromatic rings. The van der Waals surface area contributed by atoms with Gasteiger partial charge in [0.15, 0.2) is 0 Å². The van der Waals surface area contributed by atoms with Crippen LogP contribution in [0.3, 0.4) is 0 Å². The minimum atomic E-state index is -0.253. The number of carbonyl (C=O) groups excluding carboxylic acids is 1. The van der Waals surface area contributed by atoms with Crippen LogP contribution in [0.15, 0.2) is 54.6 Å². The smallest absolute Gasteiger partial charge is 0.231 e. The molecule has 0 bridgehead atoms. The largest absolute Gasteiger partial charge is 0.492 e. The molecule has 1 amide bonds. The van der Waals surface area contributed by atoms with Crippen molar-refractivity contribution in [2.45, 2.75) is 18.3 Å². The Morgan fingerprint density at radius 2 is 1.91 bits per heavy atom. The molecule has 2 aromatic carbocycles. The topological polar surface area (TPSA) is 58.6 Å². The standard InChI is InChI=1S/C19H21NO3/c21-11-10-15(14-6-2-1-3-7-14)12-20-19(22)17-13-23-18-9-5-4-8-16(17)18/h1-9,15,17,21H,10-13H2,(H,20,22)/t15-,17+/m1/s1. The number of hydrogen-bond acceptors (Lipinski definition) is 3. The third-order valence-electron chi connectivity index (χ3n) is 4.29. The fourth-order valence-corrected chi connectivity index (χ4v) is 2.99. The second-order valence-electron chi connectivity index (χ2n) is 5.77. The van der Waals surface area contributed by atoms with Gasteiger partial charge in [0.05, 0.1) is 0 Å². The molecule has 23 heavy (non-hydrogen) atoms. The number of aliphatic hydroxyl groups is 1. The van der Waals surface area contributed by atoms with E-state index in [-0.39, 0.29) is 24.3 Å². The second kappa shape index (κ2) is 7.29. The van der Waals surface area contributed by atoms with E-state index in [2.05, 4.69) is 5.32 Å². The predicted molar refractivity (Wildman–Crippen MR) is 88.6 cm³/mol. The molecule has 120 valence electrons. The lowest BCUT2D eigenvalue weighted by molar-refractivity contribution is -0.122. The molecular weight excluding hydrogens is 290 g/mol. The SMILES string of the molecule is O=C(NC[C@@H](CCO)c1ccccc1)[C@H]1COc2ccccc21. The number of aliphatic hydroxyl groups excluding tert-OH is 1. The van der Waals surface area contributed by atoms with Crippen molar-refractivity contribution in [1.29, 1.82) is 0 Å². The summed E-state index contributed by atoms with van der Waals surface area (Å²) in [6, 6.07) is 17.6. The van der Waals surface area contributed by atoms with E-state index >= 15 is 0 Å². The quantitative estimate of drug-likeness (QED) is 0.861. The summed E-state index contributed by atoms with van der Waals surface area (Å²) in [5.74, 6) is 0.635. The van der Waals surface area contributed by atoms with Crippen LogP contribution in [-0.2, 0) is 4.79 Å². The molecule has 2 N–H and O–H groups in total. The van der Waals surface area contributed by atoms with Crippen molar-refractivity contribution in [3.8, 4) is 5.75 Å². The van der Waals surface area contributed by atoms with Crippen molar-refractivity contribution in [3.63, 3.8) is 0 Å². The van der Waals surface area contributed by atoms with Crippen LogP contribution in [0.5, 0.6) is 5.75 Å². The summed E-state index contributed by atoms with van der Waals surface area (Å²) in [7, 11) is 0. The number of nitrogens with one attached hydrogen (secondary N) is 1. The zero-order chi connectivity index (χ0) is 16.1. The maximum Gasteiger partial charge on any atom is 0.231 e. The maximum absolute atomic E-state index is 12.5. The van der Waals surface area contributed by atoms with Crippen LogP contribution in [0.4, 0.5) is 0 Å². The summed E-state index contributed by atoms with van der Waals surface area (Å²) in [5.41, 5.74) is 2.08. The molecule has 0 saturated carbocycles. The first-order valence-corrected chi connectivity index (χ1v) is 7.95. The van der Waals surface area contributed by atoms with Crippen molar-refractivity contribution in [3.05, 3.63) is 65.7 Å². The molecule has 2 atom stereocenters. The molecule has 4 nitrogen and oxygen atoms in total. The summed E-state index contributed by atoms with van der Waals surface area (Å²) in [4.78, 5) is 12.5. The molecule has 1 aliphatic heterocycles. The number of amides is 1. The highest BCUT2D eigenvalue weighted by atomic mass is 16.5. The summed E-state index contributed by atoms with van der Waals surface area (Å²) in [6.07, 6.45) is 0.627. The van der Waals surface area contributed by atoms with E-state index in [0.29, 0.717) is 19.6 Å². The highest BCUT2D eigenvalue weighted by molar-refractivity contribution is 5.85. The number of rotatable bonds is 6. The Labute approximate surface area is 136 Å². The molecule has 0 unspecified atom stereocenters. The van der Waals surface area contributed by atoms with Crippen LogP contribution in [0.2, 0.25) is 0 Å². The van der Waals surface area contributed by atoms with E-state index in [1.807, 2.05) is 54.6 Å². The van der Waals surface area contributed by atoms with E-state index in [1.165, 1.54) is 0 Å². The van der Waals surface area contributed by atoms with Gasteiger partial charge >= 0.3 is 0 Å². The zero-order valence-corrected chi connectivity index (χ0v) is 12.9. The lowest BCUT2D eigenvalue weighted by atomic mass is 9.95. The van der Waals surface area contributed by atoms with Gasteiger partial charge in [0.2, 0.25) is 5.91 Å². The van der Waals surface area contributed by atoms with Crippen LogP contribution in [0, 0.1) is 0 Å². The molecule has 4 heteroatoms. The Balaban J connectivity index is 1.64. The van der Waals surface area contributed by atoms with Gasteiger partial charge in [0, 0.05) is 24.6 Å². The molecule has 0 saturated heterocycles. The highest BCUT2D eigenvalue weighted by Gasteiger charge is 2.30. The van der Waals surface area contributed by atoms with E-state index in [0.717, 1.165) is 16.9 Å². The number of carbonyl (C=O) groups is 1. The minimum absolute atomic E-state index is 0.0196. The number of fused-ring (bicyclic) bond motifs is 1. The number of hydrogen-bond donors (Lipinski definition) is 2. The number of para-hydroxylation sites is 1. The molecule has 0 radical (unpaired) electrons. The predicted octanol–water partition coefficient (Wildman–Crippen LogP) is 2.45. The Kier molecular flexibility index (Phi) is 4.93. The lowest BCUT2D eigenvalue weighted by Gasteiger charge is -2.18. The van der Waals surface area contributed by atoms with Gasteiger partial charge in [-0.3, -0.25) is 4.79 Å². The summed E-state index contributed by atoms with van der Waals surface area (Å²) >= 11 is 0. The lowest BCUT2D eigenvalue weighted by Crippen LogP contribution is -2.33. The van der Waals surface area contributed by atoms with Crippen molar-refractivity contribution >= 4 is 5.91 Å². The molecular formula is C19H21NO3. The van der Waals surface area contributed by atoms with Gasteiger partial charge in [-0.1, -0.05) is 48.5 Å². The second-order valence-corrected chi connectivity index (χ2v) is 5.77. The van der Waals surface area contributed by atoms with Crippen LogP contribution >= 0.6 is 0 Å². The molecule has 0 aliphatic carbocycles. The summed E-state index contributed by atoms with van der Waals surface area (Å²) < 4.78 is 5.57. The van der Waals surface area contributed by atoms with Crippen molar-refractivity contribution < 1.29 is 14.6 Å². The van der Waals surface area contributed by atoms with E-state index in [4.69, 9.17) is 4.74 Å². The Morgan fingerprint density at radius 3 is 2.70 bits per heavy atom. The van der Waals surface area contributed by atoms with E-state index < -0.39 is 0 Å². The first-order chi connectivity index (χ1) is 11.3. The van der Waals surface area contributed by atoms with Gasteiger partial charge in [0.1, 0.15) is 18.3 Å². The van der Waals surface area contributed by atoms with Crippen molar-refractivity contribution in [2.75, 3.05) is 19.8 Å². The van der Waals surface area contributed by atoms with Crippen molar-refractivity contribution in [1.82, 2.24) is 5.32 Å². The van der Waals surface area contributed by atoms with Gasteiger partial charge in [-0.2, -0.15) is 0 Å². The first-order valence-electron chi connectivity index (χ1n) is 7.95. The van der Waals surface area contributed by atoms with Gasteiger partial charge in [-0.05, 0) is 18.1 Å². The maximum atomic E-state index is 12.5. The monoisotopic (exact) mass is 311 g/mol. The third-order valence-corrected chi connectivity index (χ3v) is 4.29. The van der Waals surface area contributed by atoms with Gasteiger partial charge < -0.3 is 15.2 Å². The normalized spacial score (nSPS) is 17.2. The fourth-order valence-electron chi connectivity index (χ4n) is 2.99. The van der Waals surface area contributed by atoms with Crippen LogP contribution in [-0.4, -0.2) is 30.8 Å². The molecule has 1 heterocycles. The third kappa shape index (κ3) is 3.54. The fraction of sp³-hybridized carbons (Fsp3) is 0.316. The van der Waals surface area contributed by atoms with E-state index in [9.17, 15) is 9.90 Å². The minimum Gasteiger partial charge on any atom is -0.492 e. The molecule has 0 aromatic heterocycles. The Bertz CT molecular complexity index is 657.